The van der Waals surface area contributed by atoms with E-state index in [1.54, 1.807) is 0 Å². The van der Waals surface area contributed by atoms with Gasteiger partial charge in [0, 0.05) is 0 Å². The summed E-state index contributed by atoms with van der Waals surface area (Å²) in [5.41, 5.74) is -2.23. The predicted octanol–water partition coefficient (Wildman–Crippen LogP) is 2.43. The van der Waals surface area contributed by atoms with Crippen molar-refractivity contribution in [3.05, 3.63) is 12.2 Å². The van der Waals surface area contributed by atoms with Gasteiger partial charge in [0.25, 0.3) is 0 Å². The Morgan fingerprint density at radius 1 is 1.12 bits per heavy atom. The molecule has 1 N–H and O–H groups in total. The first-order valence-electron chi connectivity index (χ1n) is 3.70. The van der Waals surface area contributed by atoms with Crippen LogP contribution in [-0.2, 0) is 9.53 Å². The molecule has 0 aromatic rings. The lowest BCUT2D eigenvalue weighted by atomic mass is 10.0. The van der Waals surface area contributed by atoms with Gasteiger partial charge in [-0.15, -0.1) is 13.2 Å². The second-order valence-electron chi connectivity index (χ2n) is 2.80. The molecule has 17 heavy (non-hydrogen) atoms. The Bertz CT molecular complexity index is 320. The number of ether oxygens (including phenoxy) is 1. The van der Waals surface area contributed by atoms with Gasteiger partial charge in [-0.1, -0.05) is 6.58 Å². The summed E-state index contributed by atoms with van der Waals surface area (Å²) in [6.45, 7) is -0.542. The molecule has 10 heteroatoms. The van der Waals surface area contributed by atoms with E-state index in [2.05, 4.69) is 11.3 Å². The Labute approximate surface area is 89.5 Å². The maximum Gasteiger partial charge on any atom is 0.522 e. The molecule has 0 radical (unpaired) electrons. The highest BCUT2D eigenvalue weighted by Crippen LogP contribution is 2.40. The minimum atomic E-state index is -5.54. The lowest BCUT2D eigenvalue weighted by molar-refractivity contribution is -0.352. The van der Waals surface area contributed by atoms with Gasteiger partial charge in [0.2, 0.25) is 0 Å². The van der Waals surface area contributed by atoms with Crippen molar-refractivity contribution in [1.82, 2.24) is 0 Å². The third-order valence-corrected chi connectivity index (χ3v) is 1.51. The molecule has 0 aromatic heterocycles. The molecule has 0 saturated heterocycles. The Morgan fingerprint density at radius 3 is 1.82 bits per heavy atom. The number of halogens is 7. The van der Waals surface area contributed by atoms with Crippen molar-refractivity contribution in [1.29, 1.82) is 0 Å². The van der Waals surface area contributed by atoms with Crippen molar-refractivity contribution in [2.24, 2.45) is 0 Å². The molecule has 0 aliphatic rings. The average Bonchev–Trinajstić information content (AvgIpc) is 2.12. The van der Waals surface area contributed by atoms with E-state index in [4.69, 9.17) is 5.11 Å². The van der Waals surface area contributed by atoms with Gasteiger partial charge < -0.3 is 5.11 Å². The highest BCUT2D eigenvalue weighted by atomic mass is 19.4. The Hall–Kier alpha value is -1.32. The first-order chi connectivity index (χ1) is 7.31. The van der Waals surface area contributed by atoms with Crippen LogP contribution in [0.5, 0.6) is 0 Å². The first-order valence-corrected chi connectivity index (χ1v) is 3.70. The fourth-order valence-corrected chi connectivity index (χ4v) is 0.618. The molecule has 100 valence electrons. The molecule has 0 bridgehead atoms. The van der Waals surface area contributed by atoms with Crippen LogP contribution in [0.3, 0.4) is 0 Å². The van der Waals surface area contributed by atoms with Crippen molar-refractivity contribution in [3.63, 3.8) is 0 Å². The van der Waals surface area contributed by atoms with Gasteiger partial charge in [-0.05, 0) is 0 Å². The summed E-state index contributed by atoms with van der Waals surface area (Å²) in [7, 11) is 0. The lowest BCUT2D eigenvalue weighted by Gasteiger charge is -2.26. The highest BCUT2D eigenvalue weighted by molar-refractivity contribution is 5.88. The Kier molecular flexibility index (Phi) is 4.16. The number of hydrogen-bond acceptors (Lipinski definition) is 2. The molecule has 0 spiro atoms. The molecule has 0 unspecified atom stereocenters. The van der Waals surface area contributed by atoms with Crippen molar-refractivity contribution in [2.75, 3.05) is 6.61 Å². The quantitative estimate of drug-likeness (QED) is 0.616. The van der Waals surface area contributed by atoms with Crippen LogP contribution in [0.15, 0.2) is 12.2 Å². The molecule has 0 aliphatic carbocycles. The van der Waals surface area contributed by atoms with Crippen molar-refractivity contribution in [2.45, 2.75) is 18.2 Å². The third-order valence-electron chi connectivity index (χ3n) is 1.51. The van der Waals surface area contributed by atoms with E-state index in [0.29, 0.717) is 0 Å². The minimum absolute atomic E-state index is 2.17. The molecule has 0 atom stereocenters. The van der Waals surface area contributed by atoms with Crippen LogP contribution in [0, 0.1) is 0 Å². The summed E-state index contributed by atoms with van der Waals surface area (Å²) < 4.78 is 87.5. The van der Waals surface area contributed by atoms with E-state index in [9.17, 15) is 35.5 Å². The molecular weight excluding hydrogens is 265 g/mol. The normalized spacial score (nSPS) is 13.6. The van der Waals surface area contributed by atoms with Gasteiger partial charge in [0.15, 0.2) is 0 Å². The maximum atomic E-state index is 12.7. The number of alkyl halides is 7. The van der Waals surface area contributed by atoms with Crippen LogP contribution >= 0.6 is 0 Å². The van der Waals surface area contributed by atoms with Gasteiger partial charge in [-0.3, -0.25) is 4.74 Å². The zero-order chi connectivity index (χ0) is 14.1. The van der Waals surface area contributed by atoms with Crippen LogP contribution in [0.25, 0.3) is 0 Å². The smallest absolute Gasteiger partial charge is 0.478 e. The second-order valence-corrected chi connectivity index (χ2v) is 2.80. The zero-order valence-corrected chi connectivity index (χ0v) is 7.82. The van der Waals surface area contributed by atoms with E-state index in [1.807, 2.05) is 0 Å². The lowest BCUT2D eigenvalue weighted by Crippen LogP contribution is -2.48. The van der Waals surface area contributed by atoms with E-state index in [-0.39, 0.29) is 0 Å². The number of carbonyl (C=O) groups is 1. The Morgan fingerprint density at radius 2 is 1.53 bits per heavy atom. The van der Waals surface area contributed by atoms with Crippen LogP contribution in [0.2, 0.25) is 0 Å². The van der Waals surface area contributed by atoms with Crippen LogP contribution in [-0.4, -0.2) is 35.9 Å². The monoisotopic (exact) mass is 270 g/mol. The topological polar surface area (TPSA) is 46.5 Å². The summed E-state index contributed by atoms with van der Waals surface area (Å²) in [6.07, 6.45) is -5.54. The van der Waals surface area contributed by atoms with Crippen molar-refractivity contribution < 1.29 is 45.4 Å². The standard InChI is InChI=1S/C7H5F7O3/c1-3(4(15)16)6(10,11)5(8,9)2-17-7(12,13)14/h1-2H2,(H,15,16). The van der Waals surface area contributed by atoms with Gasteiger partial charge in [-0.2, -0.15) is 17.6 Å². The van der Waals surface area contributed by atoms with E-state index in [1.165, 1.54) is 0 Å². The summed E-state index contributed by atoms with van der Waals surface area (Å²) >= 11 is 0. The predicted molar refractivity (Wildman–Crippen MR) is 38.7 cm³/mol. The molecule has 0 rings (SSSR count). The molecule has 0 heterocycles. The van der Waals surface area contributed by atoms with Crippen molar-refractivity contribution in [3.8, 4) is 0 Å². The molecule has 0 aliphatic heterocycles. The summed E-state index contributed by atoms with van der Waals surface area (Å²) in [5.74, 6) is -13.2. The van der Waals surface area contributed by atoms with E-state index in [0.717, 1.165) is 0 Å². The number of carboxylic acid groups (broad SMARTS) is 1. The number of carboxylic acids is 1. The fraction of sp³-hybridized carbons (Fsp3) is 0.571. The van der Waals surface area contributed by atoms with Crippen molar-refractivity contribution >= 4 is 5.97 Å². The van der Waals surface area contributed by atoms with Crippen LogP contribution < -0.4 is 0 Å². The van der Waals surface area contributed by atoms with Gasteiger partial charge >= 0.3 is 24.2 Å². The summed E-state index contributed by atoms with van der Waals surface area (Å²) in [5, 5.41) is 8.03. The summed E-state index contributed by atoms with van der Waals surface area (Å²) in [4.78, 5) is 10.0. The maximum absolute atomic E-state index is 12.7. The summed E-state index contributed by atoms with van der Waals surface area (Å²) in [6, 6.07) is 0. The molecule has 0 saturated carbocycles. The largest absolute Gasteiger partial charge is 0.522 e. The molecule has 0 aromatic carbocycles. The first kappa shape index (κ1) is 15.7. The van der Waals surface area contributed by atoms with Crippen LogP contribution in [0.1, 0.15) is 0 Å². The zero-order valence-electron chi connectivity index (χ0n) is 7.82. The number of aliphatic carboxylic acids is 1. The fourth-order valence-electron chi connectivity index (χ4n) is 0.618. The van der Waals surface area contributed by atoms with Gasteiger partial charge in [0.05, 0.1) is 0 Å². The minimum Gasteiger partial charge on any atom is -0.478 e. The molecule has 3 nitrogen and oxygen atoms in total. The SMILES string of the molecule is C=C(C(=O)O)C(F)(F)C(F)(F)COC(F)(F)F. The van der Waals surface area contributed by atoms with Crippen LogP contribution in [0.4, 0.5) is 30.7 Å². The Balaban J connectivity index is 4.91. The van der Waals surface area contributed by atoms with Gasteiger partial charge in [0.1, 0.15) is 12.2 Å². The molecule has 0 amide bonds. The van der Waals surface area contributed by atoms with Gasteiger partial charge in [-0.25, -0.2) is 4.79 Å². The second kappa shape index (κ2) is 4.51. The molecular formula is C7H5F7O3. The number of hydrogen-bond donors (Lipinski definition) is 1. The highest BCUT2D eigenvalue weighted by Gasteiger charge is 2.61. The average molecular weight is 270 g/mol. The third kappa shape index (κ3) is 3.88. The molecule has 0 fully saturated rings. The van der Waals surface area contributed by atoms with E-state index >= 15 is 0 Å². The number of rotatable bonds is 5. The van der Waals surface area contributed by atoms with E-state index < -0.39 is 36.4 Å².